The van der Waals surface area contributed by atoms with Gasteiger partial charge in [0.25, 0.3) is 0 Å². The Labute approximate surface area is 57.5 Å². The first-order valence-corrected chi connectivity index (χ1v) is 2.67. The van der Waals surface area contributed by atoms with E-state index in [9.17, 15) is 9.90 Å². The zero-order chi connectivity index (χ0) is 7.40. The van der Waals surface area contributed by atoms with E-state index in [2.05, 4.69) is 4.98 Å². The molecule has 0 aromatic carbocycles. The fraction of sp³-hybridized carbons (Fsp3) is 0. The highest BCUT2D eigenvalue weighted by atomic mass is 16.4. The molecule has 1 rings (SSSR count). The first kappa shape index (κ1) is 6.54. The Morgan fingerprint density at radius 3 is 2.90 bits per heavy atom. The summed E-state index contributed by atoms with van der Waals surface area (Å²) in [6.45, 7) is 0. The van der Waals surface area contributed by atoms with Crippen LogP contribution in [0.4, 0.5) is 10.5 Å². The summed E-state index contributed by atoms with van der Waals surface area (Å²) in [6, 6.07) is 3.22. The van der Waals surface area contributed by atoms with E-state index in [1.54, 1.807) is 18.3 Å². The molecule has 4 nitrogen and oxygen atoms in total. The van der Waals surface area contributed by atoms with Crippen molar-refractivity contribution < 1.29 is 9.90 Å². The van der Waals surface area contributed by atoms with Crippen LogP contribution in [0.25, 0.3) is 0 Å². The Bertz CT molecular complexity index is 222. The molecular weight excluding hydrogens is 132 g/mol. The maximum absolute atomic E-state index is 9.92. The molecule has 0 aliphatic heterocycles. The van der Waals surface area contributed by atoms with E-state index in [0.29, 0.717) is 5.69 Å². The van der Waals surface area contributed by atoms with E-state index in [1.165, 1.54) is 6.20 Å². The lowest BCUT2D eigenvalue weighted by molar-refractivity contribution is 0.185. The number of hydrogen-bond donors (Lipinski definition) is 1. The number of amides is 1. The molecule has 4 heteroatoms. The second kappa shape index (κ2) is 2.82. The van der Waals surface area contributed by atoms with Crippen LogP contribution >= 0.6 is 0 Å². The van der Waals surface area contributed by atoms with Crippen LogP contribution in [0.5, 0.6) is 0 Å². The smallest absolute Gasteiger partial charge is 0.287 e. The van der Waals surface area contributed by atoms with Crippen molar-refractivity contribution in [1.82, 2.24) is 4.98 Å². The lowest BCUT2D eigenvalue weighted by Gasteiger charge is -1.94. The van der Waals surface area contributed by atoms with E-state index < -0.39 is 6.09 Å². The third-order valence-corrected chi connectivity index (χ3v) is 0.908. The van der Waals surface area contributed by atoms with E-state index in [4.69, 9.17) is 0 Å². The molecule has 0 aliphatic rings. The average Bonchev–Trinajstić information content (AvgIpc) is 1.88. The summed E-state index contributed by atoms with van der Waals surface area (Å²) in [5.74, 6) is 0. The highest BCUT2D eigenvalue weighted by molar-refractivity contribution is 5.81. The predicted molar refractivity (Wildman–Crippen MR) is 33.9 cm³/mol. The van der Waals surface area contributed by atoms with Crippen LogP contribution in [0.2, 0.25) is 0 Å². The molecule has 51 valence electrons. The van der Waals surface area contributed by atoms with Gasteiger partial charge in [0.15, 0.2) is 0 Å². The number of carbonyl (C=O) groups is 1. The molecule has 1 aromatic heterocycles. The molecule has 1 heterocycles. The average molecular weight is 137 g/mol. The Balaban J connectivity index is 2.67. The van der Waals surface area contributed by atoms with E-state index in [-0.39, 0.29) is 0 Å². The Morgan fingerprint density at radius 1 is 1.60 bits per heavy atom. The van der Waals surface area contributed by atoms with Crippen LogP contribution < -0.4 is 5.32 Å². The van der Waals surface area contributed by atoms with Crippen LogP contribution in [0.3, 0.4) is 0 Å². The second-order valence-corrected chi connectivity index (χ2v) is 1.65. The molecule has 1 radical (unpaired) electrons. The standard InChI is InChI=1S/C6H5N2O2/c9-6(10)8-5-2-1-3-7-4-5/h1-4,8H. The molecule has 0 atom stereocenters. The number of anilines is 1. The van der Waals surface area contributed by atoms with Gasteiger partial charge < -0.3 is 0 Å². The maximum Gasteiger partial charge on any atom is 0.454 e. The molecular formula is C6H5N2O2. The van der Waals surface area contributed by atoms with Gasteiger partial charge >= 0.3 is 6.09 Å². The van der Waals surface area contributed by atoms with Crippen molar-refractivity contribution in [2.75, 3.05) is 5.32 Å². The van der Waals surface area contributed by atoms with Crippen molar-refractivity contribution >= 4 is 11.8 Å². The molecule has 1 amide bonds. The zero-order valence-electron chi connectivity index (χ0n) is 5.07. The summed E-state index contributed by atoms with van der Waals surface area (Å²) in [6.07, 6.45) is 1.63. The van der Waals surface area contributed by atoms with E-state index in [0.717, 1.165) is 0 Å². The summed E-state index contributed by atoms with van der Waals surface area (Å²) in [5.41, 5.74) is 0.419. The summed E-state index contributed by atoms with van der Waals surface area (Å²) < 4.78 is 0. The van der Waals surface area contributed by atoms with Gasteiger partial charge in [-0.3, -0.25) is 10.3 Å². The number of hydrogen-bond acceptors (Lipinski definition) is 2. The number of nitrogens with one attached hydrogen (secondary N) is 1. The number of pyridine rings is 1. The topological polar surface area (TPSA) is 61.9 Å². The largest absolute Gasteiger partial charge is 0.454 e. The zero-order valence-corrected chi connectivity index (χ0v) is 5.07. The van der Waals surface area contributed by atoms with Gasteiger partial charge in [-0.15, -0.1) is 0 Å². The molecule has 0 aliphatic carbocycles. The van der Waals surface area contributed by atoms with Gasteiger partial charge in [-0.2, -0.15) is 0 Å². The van der Waals surface area contributed by atoms with Crippen LogP contribution in [0.1, 0.15) is 0 Å². The van der Waals surface area contributed by atoms with Crippen molar-refractivity contribution in [3.63, 3.8) is 0 Å². The van der Waals surface area contributed by atoms with Crippen LogP contribution in [0, 0.1) is 0 Å². The minimum Gasteiger partial charge on any atom is -0.287 e. The lowest BCUT2D eigenvalue weighted by atomic mass is 10.4. The minimum absolute atomic E-state index is 0.419. The number of nitrogens with zero attached hydrogens (tertiary/aromatic N) is 1. The molecule has 0 bridgehead atoms. The summed E-state index contributed by atoms with van der Waals surface area (Å²) in [4.78, 5) is 13.6. The van der Waals surface area contributed by atoms with E-state index in [1.807, 2.05) is 5.32 Å². The predicted octanol–water partition coefficient (Wildman–Crippen LogP) is 1.04. The van der Waals surface area contributed by atoms with Gasteiger partial charge in [0.2, 0.25) is 0 Å². The van der Waals surface area contributed by atoms with Crippen LogP contribution in [-0.4, -0.2) is 11.1 Å². The third kappa shape index (κ3) is 1.74. The molecule has 0 saturated heterocycles. The van der Waals surface area contributed by atoms with Gasteiger partial charge in [0, 0.05) is 6.20 Å². The fourth-order valence-electron chi connectivity index (χ4n) is 0.555. The molecule has 1 N–H and O–H groups in total. The van der Waals surface area contributed by atoms with Gasteiger partial charge in [0.1, 0.15) is 0 Å². The van der Waals surface area contributed by atoms with Crippen molar-refractivity contribution in [1.29, 1.82) is 0 Å². The SMILES string of the molecule is [O]C(=O)Nc1cccnc1. The summed E-state index contributed by atoms with van der Waals surface area (Å²) >= 11 is 0. The molecule has 0 saturated carbocycles. The van der Waals surface area contributed by atoms with Crippen LogP contribution in [-0.2, 0) is 5.11 Å². The Morgan fingerprint density at radius 2 is 2.40 bits per heavy atom. The summed E-state index contributed by atoms with van der Waals surface area (Å²) in [7, 11) is 0. The first-order chi connectivity index (χ1) is 4.79. The molecule has 0 fully saturated rings. The first-order valence-electron chi connectivity index (χ1n) is 2.67. The lowest BCUT2D eigenvalue weighted by Crippen LogP contribution is -2.05. The minimum atomic E-state index is -1.33. The quantitative estimate of drug-likeness (QED) is 0.628. The maximum atomic E-state index is 9.92. The fourth-order valence-corrected chi connectivity index (χ4v) is 0.555. The molecule has 0 unspecified atom stereocenters. The molecule has 0 spiro atoms. The van der Waals surface area contributed by atoms with Crippen molar-refractivity contribution in [2.24, 2.45) is 0 Å². The number of carbonyl (C=O) groups excluding carboxylic acids is 1. The summed E-state index contributed by atoms with van der Waals surface area (Å²) in [5, 5.41) is 12.0. The van der Waals surface area contributed by atoms with Gasteiger partial charge in [-0.1, -0.05) is 0 Å². The van der Waals surface area contributed by atoms with Crippen molar-refractivity contribution in [3.8, 4) is 0 Å². The van der Waals surface area contributed by atoms with Gasteiger partial charge in [-0.05, 0) is 12.1 Å². The van der Waals surface area contributed by atoms with Crippen LogP contribution in [0.15, 0.2) is 24.5 Å². The van der Waals surface area contributed by atoms with Gasteiger partial charge in [0.05, 0.1) is 11.9 Å². The molecule has 10 heavy (non-hydrogen) atoms. The number of aromatic nitrogens is 1. The third-order valence-electron chi connectivity index (χ3n) is 0.908. The number of rotatable bonds is 1. The van der Waals surface area contributed by atoms with Crippen molar-refractivity contribution in [3.05, 3.63) is 24.5 Å². The van der Waals surface area contributed by atoms with Gasteiger partial charge in [-0.25, -0.2) is 9.90 Å². The Hall–Kier alpha value is -1.58. The van der Waals surface area contributed by atoms with E-state index >= 15 is 0 Å². The highest BCUT2D eigenvalue weighted by Gasteiger charge is 1.96. The molecule has 1 aromatic rings. The monoisotopic (exact) mass is 137 g/mol. The highest BCUT2D eigenvalue weighted by Crippen LogP contribution is 2.01. The van der Waals surface area contributed by atoms with Crippen molar-refractivity contribution in [2.45, 2.75) is 0 Å². The second-order valence-electron chi connectivity index (χ2n) is 1.65. The normalized spacial score (nSPS) is 8.80. The Kier molecular flexibility index (Phi) is 1.84.